The van der Waals surface area contributed by atoms with Crippen LogP contribution in [-0.2, 0) is 0 Å². The summed E-state index contributed by atoms with van der Waals surface area (Å²) in [5.41, 5.74) is 4.56. The standard InChI is InChI=1S/C28H31F2N7O/c1-19(13-20(15-31-2)17-36-10-3-4-11-36)21-5-7-24-23(14-21)26(35-34-24)27(38)33-22-6-8-25(32-16-22)37-12-9-28(29,30)18-37/h5-8,13-16H,2-4,9-12,17-18H2,1H3,(H,33,38)(H,34,35)/b19-13+,20-15+. The van der Waals surface area contributed by atoms with Crippen molar-refractivity contribution in [2.45, 2.75) is 32.1 Å². The Bertz CT molecular complexity index is 1390. The van der Waals surface area contributed by atoms with Crippen molar-refractivity contribution in [2.75, 3.05) is 42.9 Å². The summed E-state index contributed by atoms with van der Waals surface area (Å²) in [5, 5.41) is 10.7. The molecule has 0 bridgehead atoms. The maximum Gasteiger partial charge on any atom is 0.276 e. The molecule has 2 fully saturated rings. The van der Waals surface area contributed by atoms with Crippen molar-refractivity contribution in [3.05, 3.63) is 65.6 Å². The van der Waals surface area contributed by atoms with Gasteiger partial charge in [-0.1, -0.05) is 12.1 Å². The number of rotatable bonds is 8. The number of benzene rings is 1. The predicted octanol–water partition coefficient (Wildman–Crippen LogP) is 5.14. The van der Waals surface area contributed by atoms with E-state index in [0.717, 1.165) is 41.9 Å². The van der Waals surface area contributed by atoms with Crippen LogP contribution in [0.5, 0.6) is 0 Å². The van der Waals surface area contributed by atoms with Crippen LogP contribution in [0.3, 0.4) is 0 Å². The van der Waals surface area contributed by atoms with Crippen LogP contribution in [0.15, 0.2) is 59.4 Å². The summed E-state index contributed by atoms with van der Waals surface area (Å²) < 4.78 is 27.0. The van der Waals surface area contributed by atoms with Gasteiger partial charge < -0.3 is 10.2 Å². The number of amides is 1. The number of hydrogen-bond acceptors (Lipinski definition) is 6. The lowest BCUT2D eigenvalue weighted by atomic mass is 10.0. The van der Waals surface area contributed by atoms with Gasteiger partial charge >= 0.3 is 0 Å². The molecule has 2 N–H and O–H groups in total. The normalized spacial score (nSPS) is 18.3. The lowest BCUT2D eigenvalue weighted by Crippen LogP contribution is -2.25. The Labute approximate surface area is 220 Å². The van der Waals surface area contributed by atoms with E-state index in [9.17, 15) is 13.6 Å². The van der Waals surface area contributed by atoms with Gasteiger partial charge in [-0.25, -0.2) is 13.8 Å². The molecule has 0 spiro atoms. The number of anilines is 2. The molecule has 2 saturated heterocycles. The van der Waals surface area contributed by atoms with E-state index in [1.54, 1.807) is 23.2 Å². The van der Waals surface area contributed by atoms with Crippen LogP contribution in [0.4, 0.5) is 20.3 Å². The second-order valence-corrected chi connectivity index (χ2v) is 9.92. The molecule has 10 heteroatoms. The van der Waals surface area contributed by atoms with Gasteiger partial charge in [-0.15, -0.1) is 0 Å². The number of carbonyl (C=O) groups is 1. The topological polar surface area (TPSA) is 89.5 Å². The fourth-order valence-corrected chi connectivity index (χ4v) is 5.00. The minimum atomic E-state index is -2.70. The number of fused-ring (bicyclic) bond motifs is 1. The van der Waals surface area contributed by atoms with Crippen molar-refractivity contribution in [1.82, 2.24) is 20.1 Å². The largest absolute Gasteiger partial charge is 0.350 e. The van der Waals surface area contributed by atoms with Crippen molar-refractivity contribution >= 4 is 40.6 Å². The van der Waals surface area contributed by atoms with E-state index in [4.69, 9.17) is 0 Å². The number of aliphatic imine (C=N–C) groups is 1. The van der Waals surface area contributed by atoms with E-state index in [1.165, 1.54) is 19.0 Å². The van der Waals surface area contributed by atoms with Gasteiger partial charge in [0, 0.05) is 31.1 Å². The number of hydrogen-bond donors (Lipinski definition) is 2. The molecular weight excluding hydrogens is 488 g/mol. The molecule has 0 unspecified atom stereocenters. The first-order valence-electron chi connectivity index (χ1n) is 12.8. The first-order valence-corrected chi connectivity index (χ1v) is 12.8. The van der Waals surface area contributed by atoms with Crippen molar-refractivity contribution < 1.29 is 13.6 Å². The number of pyridine rings is 1. The molecule has 0 atom stereocenters. The maximum absolute atomic E-state index is 13.5. The molecule has 0 radical (unpaired) electrons. The lowest BCUT2D eigenvalue weighted by Gasteiger charge is -2.17. The minimum Gasteiger partial charge on any atom is -0.350 e. The maximum atomic E-state index is 13.5. The third kappa shape index (κ3) is 5.80. The number of nitrogens with one attached hydrogen (secondary N) is 2. The van der Waals surface area contributed by atoms with Crippen LogP contribution in [0.2, 0.25) is 0 Å². The summed E-state index contributed by atoms with van der Waals surface area (Å²) in [4.78, 5) is 25.3. The number of H-pyrrole nitrogens is 1. The monoisotopic (exact) mass is 519 g/mol. The summed E-state index contributed by atoms with van der Waals surface area (Å²) in [5.74, 6) is -2.62. The quantitative estimate of drug-likeness (QED) is 0.318. The molecule has 1 amide bonds. The molecular formula is C28H31F2N7O. The summed E-state index contributed by atoms with van der Waals surface area (Å²) >= 11 is 0. The molecule has 2 aromatic heterocycles. The van der Waals surface area contributed by atoms with Gasteiger partial charge in [0.15, 0.2) is 5.69 Å². The molecule has 0 saturated carbocycles. The van der Waals surface area contributed by atoms with Crippen molar-refractivity contribution in [1.29, 1.82) is 0 Å². The highest BCUT2D eigenvalue weighted by atomic mass is 19.3. The number of aromatic nitrogens is 3. The van der Waals surface area contributed by atoms with Crippen molar-refractivity contribution in [2.24, 2.45) is 4.99 Å². The van der Waals surface area contributed by atoms with Crippen molar-refractivity contribution in [3.63, 3.8) is 0 Å². The van der Waals surface area contributed by atoms with E-state index in [-0.39, 0.29) is 31.1 Å². The molecule has 2 aliphatic heterocycles. The Morgan fingerprint density at radius 3 is 2.74 bits per heavy atom. The van der Waals surface area contributed by atoms with Crippen LogP contribution in [0, 0.1) is 0 Å². The Hall–Kier alpha value is -3.92. The zero-order valence-electron chi connectivity index (χ0n) is 21.4. The number of likely N-dealkylation sites (tertiary alicyclic amines) is 1. The van der Waals surface area contributed by atoms with Crippen molar-refractivity contribution in [3.8, 4) is 0 Å². The van der Waals surface area contributed by atoms with Gasteiger partial charge in [-0.05, 0) is 80.5 Å². The van der Waals surface area contributed by atoms with Gasteiger partial charge in [0.05, 0.1) is 23.9 Å². The van der Waals surface area contributed by atoms with E-state index in [0.29, 0.717) is 16.9 Å². The van der Waals surface area contributed by atoms with Crippen LogP contribution < -0.4 is 10.2 Å². The van der Waals surface area contributed by atoms with Gasteiger partial charge in [0.2, 0.25) is 0 Å². The van der Waals surface area contributed by atoms with Gasteiger partial charge in [0.1, 0.15) is 5.82 Å². The van der Waals surface area contributed by atoms with Crippen LogP contribution in [-0.4, -0.2) is 71.4 Å². The number of alkyl halides is 2. The molecule has 38 heavy (non-hydrogen) atoms. The van der Waals surface area contributed by atoms with Gasteiger partial charge in [-0.3, -0.25) is 19.8 Å². The molecule has 2 aliphatic rings. The number of halogens is 2. The average Bonchev–Trinajstić information content (AvgIpc) is 3.64. The van der Waals surface area contributed by atoms with Crippen LogP contribution in [0.1, 0.15) is 42.2 Å². The first-order chi connectivity index (χ1) is 18.3. The van der Waals surface area contributed by atoms with E-state index in [2.05, 4.69) is 43.2 Å². The van der Waals surface area contributed by atoms with Gasteiger partial charge in [0.25, 0.3) is 11.8 Å². The highest BCUT2D eigenvalue weighted by Crippen LogP contribution is 2.30. The molecule has 1 aromatic carbocycles. The van der Waals surface area contributed by atoms with Crippen LogP contribution >= 0.6 is 0 Å². The second-order valence-electron chi connectivity index (χ2n) is 9.92. The van der Waals surface area contributed by atoms with E-state index in [1.807, 2.05) is 25.1 Å². The summed E-state index contributed by atoms with van der Waals surface area (Å²) in [6, 6.07) is 9.14. The highest BCUT2D eigenvalue weighted by molar-refractivity contribution is 6.11. The summed E-state index contributed by atoms with van der Waals surface area (Å²) in [6.45, 7) is 8.56. The first kappa shape index (κ1) is 25.7. The smallest absolute Gasteiger partial charge is 0.276 e. The minimum absolute atomic E-state index is 0.183. The fourth-order valence-electron chi connectivity index (χ4n) is 5.00. The summed E-state index contributed by atoms with van der Waals surface area (Å²) in [6.07, 6.45) is 7.63. The molecule has 3 aromatic rings. The molecule has 198 valence electrons. The summed E-state index contributed by atoms with van der Waals surface area (Å²) in [7, 11) is 0. The number of aromatic amines is 1. The highest BCUT2D eigenvalue weighted by Gasteiger charge is 2.38. The fraction of sp³-hybridized carbons (Fsp3) is 0.357. The zero-order chi connectivity index (χ0) is 26.7. The molecule has 0 aliphatic carbocycles. The Morgan fingerprint density at radius 1 is 1.24 bits per heavy atom. The SMILES string of the molecule is C=N/C=C(\C=C(/C)c1ccc2[nH]nc(C(=O)Nc3ccc(N4CCC(F)(F)C4)nc3)c2c1)CN1CCCC1. The van der Waals surface area contributed by atoms with E-state index < -0.39 is 5.92 Å². The third-order valence-electron chi connectivity index (χ3n) is 7.00. The Kier molecular flexibility index (Phi) is 7.33. The number of allylic oxidation sites excluding steroid dienone is 1. The Balaban J connectivity index is 1.31. The predicted molar refractivity (Wildman–Crippen MR) is 147 cm³/mol. The zero-order valence-corrected chi connectivity index (χ0v) is 21.4. The molecule has 4 heterocycles. The van der Waals surface area contributed by atoms with E-state index >= 15 is 0 Å². The average molecular weight is 520 g/mol. The van der Waals surface area contributed by atoms with Gasteiger partial charge in [-0.2, -0.15) is 5.10 Å². The number of carbonyl (C=O) groups excluding carboxylic acids is 1. The number of nitrogens with zero attached hydrogens (tertiary/aromatic N) is 5. The second kappa shape index (κ2) is 10.8. The Morgan fingerprint density at radius 2 is 2.05 bits per heavy atom. The molecule has 8 nitrogen and oxygen atoms in total. The van der Waals surface area contributed by atoms with Crippen LogP contribution in [0.25, 0.3) is 16.5 Å². The lowest BCUT2D eigenvalue weighted by molar-refractivity contribution is 0.0256. The molecule has 5 rings (SSSR count). The third-order valence-corrected chi connectivity index (χ3v) is 7.00.